The second-order valence-electron chi connectivity index (χ2n) is 7.44. The van der Waals surface area contributed by atoms with Gasteiger partial charge in [0.15, 0.2) is 5.75 Å². The van der Waals surface area contributed by atoms with Crippen molar-refractivity contribution in [3.63, 3.8) is 0 Å². The number of ether oxygens (including phenoxy) is 2. The third kappa shape index (κ3) is 4.04. The highest BCUT2D eigenvalue weighted by molar-refractivity contribution is 6.51. The fourth-order valence-electron chi connectivity index (χ4n) is 3.90. The molecule has 174 valence electrons. The molecule has 1 fully saturated rings. The largest absolute Gasteiger partial charge is 0.508 e. The summed E-state index contributed by atoms with van der Waals surface area (Å²) in [4.78, 5) is 27.6. The number of hydrogen-bond donors (Lipinski definition) is 2. The van der Waals surface area contributed by atoms with Gasteiger partial charge in [0.1, 0.15) is 17.3 Å². The molecule has 1 amide bonds. The highest BCUT2D eigenvalue weighted by atomic mass is 35.5. The minimum absolute atomic E-state index is 0.0617. The average Bonchev–Trinajstić information content (AvgIpc) is 3.09. The van der Waals surface area contributed by atoms with Crippen LogP contribution in [0.25, 0.3) is 5.76 Å². The summed E-state index contributed by atoms with van der Waals surface area (Å²) in [6.45, 7) is 0. The maximum absolute atomic E-state index is 13.2. The topological polar surface area (TPSA) is 96.3 Å². The number of hydrogen-bond acceptors (Lipinski definition) is 6. The Hall–Kier alpha value is -3.68. The van der Waals surface area contributed by atoms with Crippen LogP contribution in [-0.4, -0.2) is 36.1 Å². The quantitative estimate of drug-likeness (QED) is 0.279. The summed E-state index contributed by atoms with van der Waals surface area (Å²) in [5, 5.41) is 21.5. The van der Waals surface area contributed by atoms with Gasteiger partial charge in [0, 0.05) is 11.3 Å². The van der Waals surface area contributed by atoms with Crippen LogP contribution in [0.1, 0.15) is 17.2 Å². The van der Waals surface area contributed by atoms with E-state index >= 15 is 0 Å². The average molecular weight is 500 g/mol. The Morgan fingerprint density at radius 1 is 0.941 bits per heavy atom. The molecule has 1 unspecified atom stereocenters. The molecule has 2 N–H and O–H groups in total. The number of aromatic hydroxyl groups is 1. The lowest BCUT2D eigenvalue weighted by molar-refractivity contribution is -0.132. The second kappa shape index (κ2) is 9.29. The van der Waals surface area contributed by atoms with Gasteiger partial charge in [-0.3, -0.25) is 14.5 Å². The van der Waals surface area contributed by atoms with Crippen molar-refractivity contribution in [1.82, 2.24) is 0 Å². The van der Waals surface area contributed by atoms with Crippen LogP contribution < -0.4 is 14.4 Å². The van der Waals surface area contributed by atoms with Gasteiger partial charge in [-0.15, -0.1) is 0 Å². The predicted molar refractivity (Wildman–Crippen MR) is 129 cm³/mol. The number of Topliss-reactive ketones (excluding diaryl/α,β-unsaturated/α-hetero) is 1. The van der Waals surface area contributed by atoms with Gasteiger partial charge < -0.3 is 19.7 Å². The monoisotopic (exact) mass is 499 g/mol. The van der Waals surface area contributed by atoms with E-state index in [0.29, 0.717) is 17.0 Å². The molecule has 3 aromatic rings. The Labute approximate surface area is 205 Å². The molecular weight excluding hydrogens is 481 g/mol. The third-order valence-corrected chi connectivity index (χ3v) is 6.02. The van der Waals surface area contributed by atoms with E-state index in [1.54, 1.807) is 36.4 Å². The first-order valence-electron chi connectivity index (χ1n) is 10.0. The lowest BCUT2D eigenvalue weighted by atomic mass is 9.95. The zero-order valence-electron chi connectivity index (χ0n) is 18.1. The van der Waals surface area contributed by atoms with Crippen molar-refractivity contribution in [2.45, 2.75) is 6.04 Å². The number of amides is 1. The predicted octanol–water partition coefficient (Wildman–Crippen LogP) is 5.34. The van der Waals surface area contributed by atoms with Gasteiger partial charge in [-0.05, 0) is 54.1 Å². The molecule has 1 aliphatic rings. The van der Waals surface area contributed by atoms with E-state index in [2.05, 4.69) is 0 Å². The first kappa shape index (κ1) is 23.5. The molecule has 0 aliphatic carbocycles. The van der Waals surface area contributed by atoms with Crippen LogP contribution in [0.3, 0.4) is 0 Å². The van der Waals surface area contributed by atoms with E-state index in [0.717, 1.165) is 0 Å². The molecule has 9 heteroatoms. The molecule has 1 saturated heterocycles. The second-order valence-corrected chi connectivity index (χ2v) is 8.25. The Morgan fingerprint density at radius 3 is 2.15 bits per heavy atom. The zero-order valence-corrected chi connectivity index (χ0v) is 19.6. The van der Waals surface area contributed by atoms with Gasteiger partial charge in [-0.2, -0.15) is 0 Å². The number of nitrogens with zero attached hydrogens (tertiary/aromatic N) is 1. The van der Waals surface area contributed by atoms with Gasteiger partial charge in [0.25, 0.3) is 11.7 Å². The van der Waals surface area contributed by atoms with Gasteiger partial charge in [-0.1, -0.05) is 35.3 Å². The van der Waals surface area contributed by atoms with Crippen LogP contribution >= 0.6 is 23.2 Å². The summed E-state index contributed by atoms with van der Waals surface area (Å²) in [6, 6.07) is 14.4. The lowest BCUT2D eigenvalue weighted by Crippen LogP contribution is -2.29. The molecule has 1 aliphatic heterocycles. The number of methoxy groups -OCH3 is 2. The number of carbonyl (C=O) groups excluding carboxylic acids is 2. The van der Waals surface area contributed by atoms with E-state index in [4.69, 9.17) is 32.7 Å². The van der Waals surface area contributed by atoms with E-state index in [9.17, 15) is 19.8 Å². The van der Waals surface area contributed by atoms with Crippen molar-refractivity contribution in [2.24, 2.45) is 0 Å². The van der Waals surface area contributed by atoms with Crippen LogP contribution in [0.5, 0.6) is 17.2 Å². The smallest absolute Gasteiger partial charge is 0.300 e. The van der Waals surface area contributed by atoms with Crippen LogP contribution in [0.4, 0.5) is 5.69 Å². The number of ketones is 1. The first-order valence-corrected chi connectivity index (χ1v) is 10.8. The SMILES string of the molecule is COc1ccc(N2C(=O)C(=O)/C(=C(/O)c3cc(Cl)c(OC)c(Cl)c3)C2c2cccc(O)c2)cc1. The number of halogens is 2. The van der Waals surface area contributed by atoms with Gasteiger partial charge in [0.2, 0.25) is 0 Å². The lowest BCUT2D eigenvalue weighted by Gasteiger charge is -2.25. The molecule has 34 heavy (non-hydrogen) atoms. The molecular formula is C25H19Cl2NO6. The van der Waals surface area contributed by atoms with E-state index in [-0.39, 0.29) is 32.7 Å². The van der Waals surface area contributed by atoms with E-state index in [1.165, 1.54) is 43.4 Å². The van der Waals surface area contributed by atoms with Crippen molar-refractivity contribution >= 4 is 46.3 Å². The van der Waals surface area contributed by atoms with Crippen molar-refractivity contribution in [2.75, 3.05) is 19.1 Å². The molecule has 3 aromatic carbocycles. The summed E-state index contributed by atoms with van der Waals surface area (Å²) in [5.74, 6) is -1.49. The summed E-state index contributed by atoms with van der Waals surface area (Å²) < 4.78 is 10.3. The van der Waals surface area contributed by atoms with Gasteiger partial charge in [0.05, 0.1) is 35.9 Å². The number of aliphatic hydroxyl groups excluding tert-OH is 1. The molecule has 4 rings (SSSR count). The number of anilines is 1. The summed E-state index contributed by atoms with van der Waals surface area (Å²) in [6.07, 6.45) is 0. The Morgan fingerprint density at radius 2 is 1.59 bits per heavy atom. The number of benzene rings is 3. The minimum atomic E-state index is -1.03. The van der Waals surface area contributed by atoms with Crippen molar-refractivity contribution < 1.29 is 29.3 Å². The maximum atomic E-state index is 13.2. The van der Waals surface area contributed by atoms with Crippen molar-refractivity contribution in [1.29, 1.82) is 0 Å². The van der Waals surface area contributed by atoms with Gasteiger partial charge in [-0.25, -0.2) is 0 Å². The molecule has 0 aromatic heterocycles. The summed E-state index contributed by atoms with van der Waals surface area (Å²) in [7, 11) is 2.91. The summed E-state index contributed by atoms with van der Waals surface area (Å²) >= 11 is 12.5. The Bertz CT molecular complexity index is 1300. The Balaban J connectivity index is 1.95. The molecule has 0 spiro atoms. The molecule has 1 heterocycles. The number of aliphatic hydroxyl groups is 1. The highest BCUT2D eigenvalue weighted by Gasteiger charge is 2.47. The van der Waals surface area contributed by atoms with Crippen LogP contribution in [0, 0.1) is 0 Å². The number of carbonyl (C=O) groups is 2. The summed E-state index contributed by atoms with van der Waals surface area (Å²) in [5.41, 5.74) is 0.778. The fraction of sp³-hybridized carbons (Fsp3) is 0.120. The number of phenols is 1. The number of phenolic OH excluding ortho intramolecular Hbond substituents is 1. The van der Waals surface area contributed by atoms with Crippen molar-refractivity contribution in [3.05, 3.63) is 87.4 Å². The molecule has 0 radical (unpaired) electrons. The fourth-order valence-corrected chi connectivity index (χ4v) is 4.54. The molecule has 7 nitrogen and oxygen atoms in total. The van der Waals surface area contributed by atoms with Crippen LogP contribution in [-0.2, 0) is 9.59 Å². The molecule has 0 saturated carbocycles. The van der Waals surface area contributed by atoms with Crippen LogP contribution in [0.15, 0.2) is 66.2 Å². The van der Waals surface area contributed by atoms with Crippen molar-refractivity contribution in [3.8, 4) is 17.2 Å². The molecule has 1 atom stereocenters. The molecule has 0 bridgehead atoms. The third-order valence-electron chi connectivity index (χ3n) is 5.46. The Kier molecular flexibility index (Phi) is 6.41. The van der Waals surface area contributed by atoms with E-state index < -0.39 is 23.5 Å². The van der Waals surface area contributed by atoms with Crippen LogP contribution in [0.2, 0.25) is 10.0 Å². The van der Waals surface area contributed by atoms with Gasteiger partial charge >= 0.3 is 0 Å². The maximum Gasteiger partial charge on any atom is 0.300 e. The standard InChI is InChI=1S/C25H19Cl2NO6/c1-33-17-8-6-15(7-9-17)28-21(13-4-3-5-16(29)10-13)20(23(31)25(28)32)22(30)14-11-18(26)24(34-2)19(27)12-14/h3-12,21,29-30H,1-2H3/b22-20+. The zero-order chi connectivity index (χ0) is 24.6. The normalized spacial score (nSPS) is 17.2. The number of rotatable bonds is 5. The van der Waals surface area contributed by atoms with E-state index in [1.807, 2.05) is 0 Å². The highest BCUT2D eigenvalue weighted by Crippen LogP contribution is 2.44. The minimum Gasteiger partial charge on any atom is -0.508 e. The first-order chi connectivity index (χ1) is 16.3.